The van der Waals surface area contributed by atoms with Gasteiger partial charge < -0.3 is 5.43 Å². The van der Waals surface area contributed by atoms with Crippen LogP contribution < -0.4 is 5.43 Å². The fourth-order valence-electron chi connectivity index (χ4n) is 4.57. The minimum Gasteiger partial charge on any atom is -0.306 e. The molecule has 26 heavy (non-hydrogen) atoms. The predicted molar refractivity (Wildman–Crippen MR) is 107 cm³/mol. The lowest BCUT2D eigenvalue weighted by molar-refractivity contribution is 0.146. The molecular formula is C22H30N4. The summed E-state index contributed by atoms with van der Waals surface area (Å²) >= 11 is 0. The Morgan fingerprint density at radius 2 is 2.12 bits per heavy atom. The molecule has 4 rings (SSSR count). The van der Waals surface area contributed by atoms with E-state index in [1.807, 2.05) is 6.20 Å². The molecule has 2 atom stereocenters. The highest BCUT2D eigenvalue weighted by molar-refractivity contribution is 5.64. The number of likely N-dealkylation sites (tertiary alicyclic amines) is 1. The third-order valence-electron chi connectivity index (χ3n) is 6.00. The van der Waals surface area contributed by atoms with Crippen molar-refractivity contribution in [2.75, 3.05) is 13.1 Å². The van der Waals surface area contributed by atoms with Crippen LogP contribution in [0.4, 0.5) is 0 Å². The van der Waals surface area contributed by atoms with E-state index in [1.165, 1.54) is 49.9 Å². The first kappa shape index (κ1) is 17.5. The zero-order valence-electron chi connectivity index (χ0n) is 15.8. The first-order valence-corrected chi connectivity index (χ1v) is 10.1. The van der Waals surface area contributed by atoms with E-state index in [1.54, 1.807) is 0 Å². The zero-order valence-corrected chi connectivity index (χ0v) is 15.8. The second-order valence-corrected chi connectivity index (χ2v) is 7.98. The van der Waals surface area contributed by atoms with E-state index in [-0.39, 0.29) is 0 Å². The van der Waals surface area contributed by atoms with Gasteiger partial charge in [0.15, 0.2) is 0 Å². The molecule has 2 aliphatic heterocycles. The summed E-state index contributed by atoms with van der Waals surface area (Å²) in [6.07, 6.45) is 17.1. The standard InChI is InChI=1S/C22H30N4/c1-17-13-19(7-10-23-17)16-26-11-8-20(9-12-26)22-21(15-24-25-22)14-18-5-3-2-4-6-18/h3,5-7,10,13,15,20-22,25H,2,4,8-9,11-12,14,16H2,1H3. The van der Waals surface area contributed by atoms with Gasteiger partial charge in [0.25, 0.3) is 0 Å². The molecule has 1 aromatic rings. The molecule has 1 saturated heterocycles. The van der Waals surface area contributed by atoms with E-state index in [2.05, 4.69) is 63.9 Å². The molecular weight excluding hydrogens is 320 g/mol. The van der Waals surface area contributed by atoms with Crippen LogP contribution in [0, 0.1) is 18.8 Å². The molecule has 0 aromatic carbocycles. The van der Waals surface area contributed by atoms with Crippen molar-refractivity contribution < 1.29 is 0 Å². The van der Waals surface area contributed by atoms with Gasteiger partial charge in [0.1, 0.15) is 0 Å². The quantitative estimate of drug-likeness (QED) is 0.877. The second-order valence-electron chi connectivity index (χ2n) is 7.98. The van der Waals surface area contributed by atoms with Gasteiger partial charge in [-0.25, -0.2) is 0 Å². The molecule has 1 N–H and O–H groups in total. The summed E-state index contributed by atoms with van der Waals surface area (Å²) in [4.78, 5) is 6.89. The Hall–Kier alpha value is -1.94. The van der Waals surface area contributed by atoms with Gasteiger partial charge in [-0.15, -0.1) is 0 Å². The highest BCUT2D eigenvalue weighted by Crippen LogP contribution is 2.31. The van der Waals surface area contributed by atoms with Crippen molar-refractivity contribution >= 4 is 6.21 Å². The Morgan fingerprint density at radius 1 is 1.23 bits per heavy atom. The van der Waals surface area contributed by atoms with E-state index in [4.69, 9.17) is 0 Å². The number of hydrogen-bond donors (Lipinski definition) is 1. The monoisotopic (exact) mass is 350 g/mol. The SMILES string of the molecule is Cc1cc(CN2CCC(C3NN=CC3CC3=CCCC=C3)CC2)ccn1. The zero-order chi connectivity index (χ0) is 17.8. The molecule has 1 aromatic heterocycles. The first-order chi connectivity index (χ1) is 12.8. The maximum absolute atomic E-state index is 4.44. The average molecular weight is 351 g/mol. The number of aryl methyl sites for hydroxylation is 1. The van der Waals surface area contributed by atoms with Crippen LogP contribution in [-0.2, 0) is 6.54 Å². The third kappa shape index (κ3) is 4.24. The topological polar surface area (TPSA) is 40.5 Å². The Kier molecular flexibility index (Phi) is 5.49. The number of aromatic nitrogens is 1. The van der Waals surface area contributed by atoms with E-state index in [0.29, 0.717) is 12.0 Å². The van der Waals surface area contributed by atoms with Gasteiger partial charge in [-0.3, -0.25) is 9.88 Å². The molecule has 3 aliphatic rings. The Bertz CT molecular complexity index is 698. The minimum atomic E-state index is 0.511. The van der Waals surface area contributed by atoms with E-state index in [0.717, 1.165) is 24.6 Å². The number of pyridine rings is 1. The molecule has 2 unspecified atom stereocenters. The van der Waals surface area contributed by atoms with Crippen LogP contribution in [0.15, 0.2) is 47.2 Å². The molecule has 4 heteroatoms. The molecule has 0 amide bonds. The number of hydrazone groups is 1. The molecule has 1 fully saturated rings. The molecule has 138 valence electrons. The van der Waals surface area contributed by atoms with Crippen LogP contribution in [-0.4, -0.2) is 35.2 Å². The van der Waals surface area contributed by atoms with Crippen molar-refractivity contribution in [3.63, 3.8) is 0 Å². The Labute approximate surface area is 157 Å². The highest BCUT2D eigenvalue weighted by Gasteiger charge is 2.34. The maximum atomic E-state index is 4.44. The summed E-state index contributed by atoms with van der Waals surface area (Å²) in [6.45, 7) is 5.48. The van der Waals surface area contributed by atoms with Gasteiger partial charge in [-0.1, -0.05) is 23.8 Å². The molecule has 0 spiro atoms. The number of piperidine rings is 1. The molecule has 0 radical (unpaired) electrons. The number of hydrogen-bond acceptors (Lipinski definition) is 4. The Balaban J connectivity index is 1.29. The van der Waals surface area contributed by atoms with Crippen LogP contribution in [0.3, 0.4) is 0 Å². The molecule has 1 aliphatic carbocycles. The fourth-order valence-corrected chi connectivity index (χ4v) is 4.57. The fraction of sp³-hybridized carbons (Fsp3) is 0.545. The third-order valence-corrected chi connectivity index (χ3v) is 6.00. The van der Waals surface area contributed by atoms with Crippen LogP contribution in [0.25, 0.3) is 0 Å². The van der Waals surface area contributed by atoms with Crippen LogP contribution in [0.5, 0.6) is 0 Å². The molecule has 4 nitrogen and oxygen atoms in total. The van der Waals surface area contributed by atoms with Crippen molar-refractivity contribution in [1.29, 1.82) is 0 Å². The van der Waals surface area contributed by atoms with Gasteiger partial charge in [0.2, 0.25) is 0 Å². The van der Waals surface area contributed by atoms with Gasteiger partial charge in [0.05, 0.1) is 6.04 Å². The van der Waals surface area contributed by atoms with E-state index in [9.17, 15) is 0 Å². The molecule has 0 bridgehead atoms. The van der Waals surface area contributed by atoms with Gasteiger partial charge in [-0.05, 0) is 75.7 Å². The van der Waals surface area contributed by atoms with Crippen LogP contribution in [0.2, 0.25) is 0 Å². The van der Waals surface area contributed by atoms with Crippen molar-refractivity contribution in [3.05, 3.63) is 53.4 Å². The minimum absolute atomic E-state index is 0.511. The number of nitrogens with zero attached hydrogens (tertiary/aromatic N) is 3. The predicted octanol–water partition coefficient (Wildman–Crippen LogP) is 3.84. The van der Waals surface area contributed by atoms with Gasteiger partial charge >= 0.3 is 0 Å². The Morgan fingerprint density at radius 3 is 2.88 bits per heavy atom. The van der Waals surface area contributed by atoms with Crippen LogP contribution in [0.1, 0.15) is 43.4 Å². The summed E-state index contributed by atoms with van der Waals surface area (Å²) in [7, 11) is 0. The van der Waals surface area contributed by atoms with E-state index < -0.39 is 0 Å². The highest BCUT2D eigenvalue weighted by atomic mass is 15.3. The van der Waals surface area contributed by atoms with Crippen molar-refractivity contribution in [2.45, 2.75) is 51.6 Å². The molecule has 3 heterocycles. The number of allylic oxidation sites excluding steroid dienone is 4. The van der Waals surface area contributed by atoms with Crippen molar-refractivity contribution in [2.24, 2.45) is 16.9 Å². The van der Waals surface area contributed by atoms with Crippen molar-refractivity contribution in [3.8, 4) is 0 Å². The maximum Gasteiger partial charge on any atom is 0.0550 e. The number of nitrogens with one attached hydrogen (secondary N) is 1. The molecule has 0 saturated carbocycles. The first-order valence-electron chi connectivity index (χ1n) is 10.1. The second kappa shape index (κ2) is 8.17. The van der Waals surface area contributed by atoms with Gasteiger partial charge in [-0.2, -0.15) is 5.10 Å². The summed E-state index contributed by atoms with van der Waals surface area (Å²) in [6, 6.07) is 4.86. The largest absolute Gasteiger partial charge is 0.306 e. The lowest BCUT2D eigenvalue weighted by Crippen LogP contribution is -2.43. The smallest absolute Gasteiger partial charge is 0.0550 e. The lowest BCUT2D eigenvalue weighted by atomic mass is 9.80. The van der Waals surface area contributed by atoms with Crippen molar-refractivity contribution in [1.82, 2.24) is 15.3 Å². The summed E-state index contributed by atoms with van der Waals surface area (Å²) in [5, 5.41) is 4.44. The van der Waals surface area contributed by atoms with Gasteiger partial charge in [0, 0.05) is 30.6 Å². The lowest BCUT2D eigenvalue weighted by Gasteiger charge is -2.36. The van der Waals surface area contributed by atoms with E-state index >= 15 is 0 Å². The normalized spacial score (nSPS) is 26.7. The summed E-state index contributed by atoms with van der Waals surface area (Å²) in [5.41, 5.74) is 7.41. The average Bonchev–Trinajstić information content (AvgIpc) is 3.11. The number of rotatable bonds is 5. The van der Waals surface area contributed by atoms with Crippen LogP contribution >= 0.6 is 0 Å². The summed E-state index contributed by atoms with van der Waals surface area (Å²) in [5.74, 6) is 1.27. The summed E-state index contributed by atoms with van der Waals surface area (Å²) < 4.78 is 0.